The summed E-state index contributed by atoms with van der Waals surface area (Å²) in [6, 6.07) is 12.4. The van der Waals surface area contributed by atoms with Gasteiger partial charge in [0.1, 0.15) is 5.75 Å². The van der Waals surface area contributed by atoms with Crippen molar-refractivity contribution in [2.24, 2.45) is 0 Å². The molecule has 0 amide bonds. The molecule has 0 aliphatic heterocycles. The average Bonchev–Trinajstić information content (AvgIpc) is 2.72. The molecule has 0 aromatic heterocycles. The number of nitrogens with one attached hydrogen (secondary N) is 1. The second-order valence-electron chi connectivity index (χ2n) is 7.02. The van der Waals surface area contributed by atoms with Crippen molar-refractivity contribution in [3.05, 3.63) is 64.2 Å². The number of aliphatic hydroxyl groups excluding tert-OH is 2. The summed E-state index contributed by atoms with van der Waals surface area (Å²) in [5, 5.41) is 25.1. The van der Waals surface area contributed by atoms with Gasteiger partial charge in [-0.2, -0.15) is 0 Å². The van der Waals surface area contributed by atoms with Crippen LogP contribution in [0.1, 0.15) is 42.2 Å². The molecule has 7 heteroatoms. The number of halogens is 1. The first-order valence-electron chi connectivity index (χ1n) is 9.74. The minimum atomic E-state index is -0.739. The molecule has 0 radical (unpaired) electrons. The van der Waals surface area contributed by atoms with Crippen molar-refractivity contribution in [1.29, 1.82) is 0 Å². The Morgan fingerprint density at radius 2 is 2.14 bits per heavy atom. The topological polar surface area (TPSA) is 88.0 Å². The molecule has 156 valence electrons. The molecular weight excluding hydrogens is 394 g/mol. The van der Waals surface area contributed by atoms with Gasteiger partial charge < -0.3 is 25.0 Å². The van der Waals surface area contributed by atoms with E-state index in [1.54, 1.807) is 37.3 Å². The Balaban J connectivity index is 1.61. The molecule has 0 spiro atoms. The molecule has 0 heterocycles. The molecule has 3 rings (SSSR count). The van der Waals surface area contributed by atoms with Crippen molar-refractivity contribution < 1.29 is 24.5 Å². The van der Waals surface area contributed by atoms with Gasteiger partial charge in [0.25, 0.3) is 0 Å². The Hall–Kier alpha value is -2.12. The van der Waals surface area contributed by atoms with Gasteiger partial charge in [-0.05, 0) is 60.7 Å². The monoisotopic (exact) mass is 419 g/mol. The molecule has 1 aliphatic carbocycles. The summed E-state index contributed by atoms with van der Waals surface area (Å²) in [4.78, 5) is 11.5. The maximum atomic E-state index is 11.5. The summed E-state index contributed by atoms with van der Waals surface area (Å²) in [6.07, 6.45) is 0.0903. The number of aliphatic hydroxyl groups is 2. The van der Waals surface area contributed by atoms with E-state index in [4.69, 9.17) is 21.1 Å². The molecule has 0 saturated heterocycles. The number of carbonyl (C=O) groups excluding carboxylic acids is 1. The van der Waals surface area contributed by atoms with E-state index >= 15 is 0 Å². The zero-order valence-electron chi connectivity index (χ0n) is 16.3. The number of aryl methyl sites for hydroxylation is 1. The molecule has 0 fully saturated rings. The van der Waals surface area contributed by atoms with Crippen LogP contribution in [0.3, 0.4) is 0 Å². The number of carbonyl (C=O) groups is 1. The standard InChI is InChI=1S/C22H26ClNO5/c1-2-28-21(26)13-29-17-8-6-14-7-9-19(22(27)18(14)11-17)24-12-20(25)15-4-3-5-16(23)10-15/h3-6,8,10-11,19-20,22,24-25,27H,2,7,9,12-13H2,1H3/t19?,20-,22?/m1/s1. The lowest BCUT2D eigenvalue weighted by molar-refractivity contribution is -0.145. The first-order chi connectivity index (χ1) is 14.0. The minimum absolute atomic E-state index is 0.170. The number of hydrogen-bond acceptors (Lipinski definition) is 6. The van der Waals surface area contributed by atoms with Crippen LogP contribution in [0, 0.1) is 0 Å². The summed E-state index contributed by atoms with van der Waals surface area (Å²) in [5.74, 6) is 0.0794. The van der Waals surface area contributed by atoms with Gasteiger partial charge in [0.15, 0.2) is 6.61 Å². The summed E-state index contributed by atoms with van der Waals surface area (Å²) in [5.41, 5.74) is 2.55. The third-order valence-corrected chi connectivity index (χ3v) is 5.25. The van der Waals surface area contributed by atoms with E-state index in [1.807, 2.05) is 12.1 Å². The lowest BCUT2D eigenvalue weighted by Crippen LogP contribution is -2.40. The predicted molar refractivity (Wildman–Crippen MR) is 110 cm³/mol. The van der Waals surface area contributed by atoms with Crippen molar-refractivity contribution in [3.8, 4) is 5.75 Å². The largest absolute Gasteiger partial charge is 0.482 e. The van der Waals surface area contributed by atoms with Crippen LogP contribution in [-0.2, 0) is 16.0 Å². The highest BCUT2D eigenvalue weighted by Crippen LogP contribution is 2.33. The average molecular weight is 420 g/mol. The third kappa shape index (κ3) is 5.70. The lowest BCUT2D eigenvalue weighted by atomic mass is 9.85. The van der Waals surface area contributed by atoms with E-state index in [9.17, 15) is 15.0 Å². The van der Waals surface area contributed by atoms with Crippen molar-refractivity contribution in [3.63, 3.8) is 0 Å². The van der Waals surface area contributed by atoms with Crippen LogP contribution in [-0.4, -0.2) is 42.0 Å². The number of ether oxygens (including phenoxy) is 2. The van der Waals surface area contributed by atoms with Crippen LogP contribution < -0.4 is 10.1 Å². The molecule has 3 N–H and O–H groups in total. The fraction of sp³-hybridized carbons (Fsp3) is 0.409. The summed E-state index contributed by atoms with van der Waals surface area (Å²) >= 11 is 5.98. The fourth-order valence-electron chi connectivity index (χ4n) is 3.50. The Bertz CT molecular complexity index is 844. The van der Waals surface area contributed by atoms with Gasteiger partial charge in [-0.25, -0.2) is 4.79 Å². The van der Waals surface area contributed by atoms with E-state index in [-0.39, 0.29) is 12.6 Å². The second kappa shape index (κ2) is 10.1. The van der Waals surface area contributed by atoms with Crippen LogP contribution in [0.15, 0.2) is 42.5 Å². The smallest absolute Gasteiger partial charge is 0.344 e. The molecule has 3 atom stereocenters. The summed E-state index contributed by atoms with van der Waals surface area (Å²) in [7, 11) is 0. The highest BCUT2D eigenvalue weighted by atomic mass is 35.5. The minimum Gasteiger partial charge on any atom is -0.482 e. The van der Waals surface area contributed by atoms with Crippen LogP contribution >= 0.6 is 11.6 Å². The zero-order chi connectivity index (χ0) is 20.8. The van der Waals surface area contributed by atoms with Crippen molar-refractivity contribution in [2.75, 3.05) is 19.8 Å². The number of hydrogen-bond donors (Lipinski definition) is 3. The quantitative estimate of drug-likeness (QED) is 0.570. The van der Waals surface area contributed by atoms with Crippen LogP contribution in [0.5, 0.6) is 5.75 Å². The van der Waals surface area contributed by atoms with Crippen molar-refractivity contribution in [1.82, 2.24) is 5.32 Å². The number of rotatable bonds is 8. The summed E-state index contributed by atoms with van der Waals surface area (Å²) in [6.45, 7) is 2.18. The van der Waals surface area contributed by atoms with Crippen LogP contribution in [0.25, 0.3) is 0 Å². The van der Waals surface area contributed by atoms with Gasteiger partial charge in [0.05, 0.1) is 18.8 Å². The first kappa shape index (κ1) is 21.6. The second-order valence-corrected chi connectivity index (χ2v) is 7.46. The molecule has 0 bridgehead atoms. The van der Waals surface area contributed by atoms with Crippen LogP contribution in [0.4, 0.5) is 0 Å². The summed E-state index contributed by atoms with van der Waals surface area (Å²) < 4.78 is 10.3. The SMILES string of the molecule is CCOC(=O)COc1ccc2c(c1)C(O)C(NC[C@@H](O)c1cccc(Cl)c1)CC2. The molecule has 0 saturated carbocycles. The normalized spacial score (nSPS) is 19.3. The number of benzene rings is 2. The number of fused-ring (bicyclic) bond motifs is 1. The molecule has 2 aromatic rings. The van der Waals surface area contributed by atoms with Crippen molar-refractivity contribution >= 4 is 17.6 Å². The maximum Gasteiger partial charge on any atom is 0.344 e. The van der Waals surface area contributed by atoms with Crippen molar-refractivity contribution in [2.45, 2.75) is 38.0 Å². The van der Waals surface area contributed by atoms with E-state index in [2.05, 4.69) is 5.32 Å². The van der Waals surface area contributed by atoms with E-state index in [0.29, 0.717) is 23.9 Å². The highest BCUT2D eigenvalue weighted by Gasteiger charge is 2.28. The maximum absolute atomic E-state index is 11.5. The molecule has 1 aliphatic rings. The highest BCUT2D eigenvalue weighted by molar-refractivity contribution is 6.30. The van der Waals surface area contributed by atoms with Gasteiger partial charge in [-0.15, -0.1) is 0 Å². The van der Waals surface area contributed by atoms with Gasteiger partial charge in [-0.3, -0.25) is 0 Å². The van der Waals surface area contributed by atoms with E-state index < -0.39 is 18.2 Å². The number of esters is 1. The molecule has 2 aromatic carbocycles. The van der Waals surface area contributed by atoms with E-state index in [1.165, 1.54) is 0 Å². The zero-order valence-corrected chi connectivity index (χ0v) is 17.1. The predicted octanol–water partition coefficient (Wildman–Crippen LogP) is 2.95. The van der Waals surface area contributed by atoms with Gasteiger partial charge in [-0.1, -0.05) is 29.8 Å². The third-order valence-electron chi connectivity index (χ3n) is 5.01. The lowest BCUT2D eigenvalue weighted by Gasteiger charge is -2.32. The Labute approximate surface area is 175 Å². The van der Waals surface area contributed by atoms with Gasteiger partial charge in [0.2, 0.25) is 0 Å². The Kier molecular flexibility index (Phi) is 7.50. The first-order valence-corrected chi connectivity index (χ1v) is 10.1. The molecule has 6 nitrogen and oxygen atoms in total. The molecule has 2 unspecified atom stereocenters. The molecule has 29 heavy (non-hydrogen) atoms. The van der Waals surface area contributed by atoms with Crippen LogP contribution in [0.2, 0.25) is 5.02 Å². The van der Waals surface area contributed by atoms with Gasteiger partial charge in [0, 0.05) is 17.6 Å². The Morgan fingerprint density at radius 1 is 1.31 bits per heavy atom. The van der Waals surface area contributed by atoms with E-state index in [0.717, 1.165) is 29.5 Å². The fourth-order valence-corrected chi connectivity index (χ4v) is 3.70. The molecular formula is C22H26ClNO5. The Morgan fingerprint density at radius 3 is 2.90 bits per heavy atom. The van der Waals surface area contributed by atoms with Gasteiger partial charge >= 0.3 is 5.97 Å².